The minimum atomic E-state index is 0.0672. The molecule has 0 fully saturated rings. The van der Waals surface area contributed by atoms with Gasteiger partial charge in [-0.3, -0.25) is 4.79 Å². The molecule has 0 aliphatic rings. The van der Waals surface area contributed by atoms with Gasteiger partial charge >= 0.3 is 0 Å². The number of amides is 1. The molecule has 0 unspecified atom stereocenters. The Morgan fingerprint density at radius 1 is 1.40 bits per heavy atom. The van der Waals surface area contributed by atoms with Gasteiger partial charge in [-0.1, -0.05) is 13.8 Å². The first-order chi connectivity index (χ1) is 7.08. The predicted octanol–water partition coefficient (Wildman–Crippen LogP) is 1.05. The number of nitrogens with zero attached hydrogens (tertiary/aromatic N) is 1. The van der Waals surface area contributed by atoms with E-state index in [1.807, 2.05) is 36.0 Å². The van der Waals surface area contributed by atoms with Crippen molar-refractivity contribution in [3.05, 3.63) is 30.1 Å². The van der Waals surface area contributed by atoms with Crippen molar-refractivity contribution in [3.8, 4) is 0 Å². The molecule has 0 saturated heterocycles. The van der Waals surface area contributed by atoms with E-state index >= 15 is 0 Å². The van der Waals surface area contributed by atoms with E-state index in [1.54, 1.807) is 0 Å². The number of carbonyl (C=O) groups is 1. The average Bonchev–Trinajstić information content (AvgIpc) is 2.19. The van der Waals surface area contributed by atoms with E-state index in [0.29, 0.717) is 12.5 Å². The van der Waals surface area contributed by atoms with Gasteiger partial charge in [-0.15, -0.1) is 0 Å². The predicted molar refractivity (Wildman–Crippen MR) is 59.2 cm³/mol. The van der Waals surface area contributed by atoms with E-state index in [4.69, 9.17) is 0 Å². The van der Waals surface area contributed by atoms with Crippen LogP contribution in [0.1, 0.15) is 19.4 Å². The highest BCUT2D eigenvalue weighted by Gasteiger charge is 2.08. The maximum Gasteiger partial charge on any atom is 0.285 e. The van der Waals surface area contributed by atoms with Crippen molar-refractivity contribution in [2.24, 2.45) is 5.92 Å². The second kappa shape index (κ2) is 5.49. The summed E-state index contributed by atoms with van der Waals surface area (Å²) < 4.78 is 1.88. The maximum absolute atomic E-state index is 11.5. The molecule has 0 radical (unpaired) electrons. The topological polar surface area (TPSA) is 33.0 Å². The Bertz CT molecular complexity index is 317. The number of pyridine rings is 1. The van der Waals surface area contributed by atoms with Crippen molar-refractivity contribution >= 4 is 5.91 Å². The van der Waals surface area contributed by atoms with Gasteiger partial charge in [0.1, 0.15) is 0 Å². The molecular formula is C12H19N2O+. The van der Waals surface area contributed by atoms with Crippen LogP contribution in [0, 0.1) is 12.8 Å². The summed E-state index contributed by atoms with van der Waals surface area (Å²) in [5.41, 5.74) is 1.20. The van der Waals surface area contributed by atoms with Crippen LogP contribution in [0.25, 0.3) is 0 Å². The summed E-state index contributed by atoms with van der Waals surface area (Å²) in [6.07, 6.45) is 3.84. The molecule has 82 valence electrons. The van der Waals surface area contributed by atoms with Crippen LogP contribution in [0.2, 0.25) is 0 Å². The van der Waals surface area contributed by atoms with Gasteiger partial charge in [-0.2, -0.15) is 4.57 Å². The highest BCUT2D eigenvalue weighted by Crippen LogP contribution is 1.90. The zero-order chi connectivity index (χ0) is 11.3. The number of hydrogen-bond acceptors (Lipinski definition) is 1. The lowest BCUT2D eigenvalue weighted by atomic mass is 10.2. The van der Waals surface area contributed by atoms with Crippen molar-refractivity contribution in [1.82, 2.24) is 5.32 Å². The molecule has 3 nitrogen and oxygen atoms in total. The lowest BCUT2D eigenvalue weighted by Gasteiger charge is -2.05. The van der Waals surface area contributed by atoms with Gasteiger partial charge < -0.3 is 5.32 Å². The van der Waals surface area contributed by atoms with Crippen molar-refractivity contribution in [3.63, 3.8) is 0 Å². The Labute approximate surface area is 91.1 Å². The highest BCUT2D eigenvalue weighted by molar-refractivity contribution is 5.74. The SMILES string of the molecule is Cc1cc[n+](CC(=O)NCC(C)C)cc1. The fraction of sp³-hybridized carbons (Fsp3) is 0.500. The smallest absolute Gasteiger partial charge is 0.285 e. The average molecular weight is 207 g/mol. The fourth-order valence-electron chi connectivity index (χ4n) is 1.18. The molecule has 1 heterocycles. The summed E-state index contributed by atoms with van der Waals surface area (Å²) in [5.74, 6) is 0.564. The Morgan fingerprint density at radius 3 is 2.53 bits per heavy atom. The normalized spacial score (nSPS) is 10.4. The first-order valence-corrected chi connectivity index (χ1v) is 5.30. The van der Waals surface area contributed by atoms with Crippen molar-refractivity contribution in [2.45, 2.75) is 27.3 Å². The van der Waals surface area contributed by atoms with Crippen LogP contribution >= 0.6 is 0 Å². The molecule has 0 bridgehead atoms. The maximum atomic E-state index is 11.5. The van der Waals surface area contributed by atoms with Gasteiger partial charge in [0.05, 0.1) is 0 Å². The fourth-order valence-corrected chi connectivity index (χ4v) is 1.18. The third-order valence-electron chi connectivity index (χ3n) is 2.09. The largest absolute Gasteiger partial charge is 0.350 e. The number of rotatable bonds is 4. The lowest BCUT2D eigenvalue weighted by molar-refractivity contribution is -0.684. The Morgan fingerprint density at radius 2 is 2.00 bits per heavy atom. The number of hydrogen-bond donors (Lipinski definition) is 1. The van der Waals surface area contributed by atoms with Crippen LogP contribution in [0.15, 0.2) is 24.5 Å². The van der Waals surface area contributed by atoms with Gasteiger partial charge in [-0.05, 0) is 18.4 Å². The molecule has 0 spiro atoms. The minimum absolute atomic E-state index is 0.0672. The van der Waals surface area contributed by atoms with Crippen LogP contribution in [0.4, 0.5) is 0 Å². The van der Waals surface area contributed by atoms with Crippen molar-refractivity contribution < 1.29 is 9.36 Å². The number of carbonyl (C=O) groups excluding carboxylic acids is 1. The van der Waals surface area contributed by atoms with Crippen LogP contribution < -0.4 is 9.88 Å². The molecule has 0 aliphatic heterocycles. The summed E-state index contributed by atoms with van der Waals surface area (Å²) in [4.78, 5) is 11.5. The van der Waals surface area contributed by atoms with E-state index in [0.717, 1.165) is 6.54 Å². The molecule has 0 aromatic carbocycles. The van der Waals surface area contributed by atoms with Gasteiger partial charge in [-0.25, -0.2) is 0 Å². The Kier molecular flexibility index (Phi) is 4.28. The van der Waals surface area contributed by atoms with Gasteiger partial charge in [0.25, 0.3) is 5.91 Å². The van der Waals surface area contributed by atoms with Gasteiger partial charge in [0.15, 0.2) is 12.4 Å². The Balaban J connectivity index is 2.41. The second-order valence-corrected chi connectivity index (χ2v) is 4.25. The van der Waals surface area contributed by atoms with Crippen LogP contribution in [0.5, 0.6) is 0 Å². The van der Waals surface area contributed by atoms with Crippen molar-refractivity contribution in [2.75, 3.05) is 6.54 Å². The van der Waals surface area contributed by atoms with Gasteiger partial charge in [0, 0.05) is 18.7 Å². The Hall–Kier alpha value is -1.38. The molecule has 0 atom stereocenters. The monoisotopic (exact) mass is 207 g/mol. The zero-order valence-corrected chi connectivity index (χ0v) is 9.66. The van der Waals surface area contributed by atoms with Crippen LogP contribution in [-0.2, 0) is 11.3 Å². The minimum Gasteiger partial charge on any atom is -0.350 e. The highest BCUT2D eigenvalue weighted by atomic mass is 16.1. The molecule has 1 aromatic heterocycles. The molecule has 3 heteroatoms. The molecular weight excluding hydrogens is 188 g/mol. The molecule has 0 saturated carbocycles. The molecule has 1 aromatic rings. The molecule has 0 aliphatic carbocycles. The first kappa shape index (κ1) is 11.7. The summed E-state index contributed by atoms with van der Waals surface area (Å²) >= 11 is 0. The number of aromatic nitrogens is 1. The standard InChI is InChI=1S/C12H18N2O/c1-10(2)8-13-12(15)9-14-6-4-11(3)5-7-14/h4-7,10H,8-9H2,1-3H3/p+1. The van der Waals surface area contributed by atoms with E-state index in [2.05, 4.69) is 19.2 Å². The van der Waals surface area contributed by atoms with Crippen molar-refractivity contribution in [1.29, 1.82) is 0 Å². The molecule has 1 rings (SSSR count). The zero-order valence-electron chi connectivity index (χ0n) is 9.66. The summed E-state index contributed by atoms with van der Waals surface area (Å²) in [6.45, 7) is 7.33. The molecule has 1 amide bonds. The molecule has 1 N–H and O–H groups in total. The summed E-state index contributed by atoms with van der Waals surface area (Å²) in [7, 11) is 0. The van der Waals surface area contributed by atoms with E-state index in [-0.39, 0.29) is 5.91 Å². The van der Waals surface area contributed by atoms with Crippen LogP contribution in [-0.4, -0.2) is 12.5 Å². The third-order valence-corrected chi connectivity index (χ3v) is 2.09. The van der Waals surface area contributed by atoms with Gasteiger partial charge in [0.2, 0.25) is 6.54 Å². The van der Waals surface area contributed by atoms with E-state index in [9.17, 15) is 4.79 Å². The number of nitrogens with one attached hydrogen (secondary N) is 1. The third kappa shape index (κ3) is 4.58. The quantitative estimate of drug-likeness (QED) is 0.736. The molecule has 15 heavy (non-hydrogen) atoms. The van der Waals surface area contributed by atoms with E-state index in [1.165, 1.54) is 5.56 Å². The first-order valence-electron chi connectivity index (χ1n) is 5.30. The lowest BCUT2D eigenvalue weighted by Crippen LogP contribution is -2.43. The van der Waals surface area contributed by atoms with E-state index < -0.39 is 0 Å². The number of aryl methyl sites for hydroxylation is 1. The second-order valence-electron chi connectivity index (χ2n) is 4.25. The summed E-state index contributed by atoms with van der Waals surface area (Å²) in [6, 6.07) is 3.99. The van der Waals surface area contributed by atoms with Crippen LogP contribution in [0.3, 0.4) is 0 Å². The summed E-state index contributed by atoms with van der Waals surface area (Å²) in [5, 5.41) is 2.89.